The van der Waals surface area contributed by atoms with Crippen LogP contribution in [0.2, 0.25) is 0 Å². The van der Waals surface area contributed by atoms with E-state index < -0.39 is 0 Å². The van der Waals surface area contributed by atoms with E-state index in [9.17, 15) is 9.59 Å². The molecule has 0 bridgehead atoms. The standard InChI is InChI=1S/C20H10N2O2/c23-18-12-7-3-4-8-13(12)19(24)16-14(18)9-10-15-17(16)22-20(21-15)11-5-1-2-6-11/h1-5,7-10H,(H,21,22). The molecule has 24 heavy (non-hydrogen) atoms. The van der Waals surface area contributed by atoms with Gasteiger partial charge < -0.3 is 4.98 Å². The number of rotatable bonds is 1. The molecule has 3 aromatic rings. The van der Waals surface area contributed by atoms with Gasteiger partial charge in [-0.15, -0.1) is 5.73 Å². The summed E-state index contributed by atoms with van der Waals surface area (Å²) < 4.78 is 0. The molecule has 2 aromatic carbocycles. The summed E-state index contributed by atoms with van der Waals surface area (Å²) >= 11 is 0. The lowest BCUT2D eigenvalue weighted by Gasteiger charge is -2.17. The number of H-pyrrole nitrogens is 1. The molecule has 1 aromatic heterocycles. The zero-order valence-electron chi connectivity index (χ0n) is 12.5. The Balaban J connectivity index is 1.81. The first-order valence-electron chi connectivity index (χ1n) is 7.59. The zero-order valence-corrected chi connectivity index (χ0v) is 12.5. The second kappa shape index (κ2) is 4.51. The van der Waals surface area contributed by atoms with E-state index in [2.05, 4.69) is 15.7 Å². The molecule has 0 radical (unpaired) electrons. The van der Waals surface area contributed by atoms with Gasteiger partial charge in [0.05, 0.1) is 16.7 Å². The third kappa shape index (κ3) is 1.60. The van der Waals surface area contributed by atoms with E-state index in [0.29, 0.717) is 33.6 Å². The second-order valence-corrected chi connectivity index (χ2v) is 5.76. The van der Waals surface area contributed by atoms with Crippen LogP contribution in [0.1, 0.15) is 37.7 Å². The first-order valence-corrected chi connectivity index (χ1v) is 7.59. The highest BCUT2D eigenvalue weighted by molar-refractivity contribution is 6.31. The fourth-order valence-electron chi connectivity index (χ4n) is 3.26. The lowest BCUT2D eigenvalue weighted by Crippen LogP contribution is -2.21. The van der Waals surface area contributed by atoms with E-state index in [1.165, 1.54) is 0 Å². The van der Waals surface area contributed by atoms with Crippen molar-refractivity contribution in [1.29, 1.82) is 0 Å². The maximum atomic E-state index is 12.9. The lowest BCUT2D eigenvalue weighted by atomic mass is 9.83. The number of allylic oxidation sites excluding steroid dienone is 3. The molecule has 5 rings (SSSR count). The van der Waals surface area contributed by atoms with Gasteiger partial charge in [-0.2, -0.15) is 0 Å². The molecule has 0 atom stereocenters. The molecule has 0 fully saturated rings. The van der Waals surface area contributed by atoms with Crippen molar-refractivity contribution in [2.45, 2.75) is 0 Å². The number of benzene rings is 2. The van der Waals surface area contributed by atoms with Crippen LogP contribution in [0, 0.1) is 0 Å². The Hall–Kier alpha value is -3.49. The molecule has 1 N–H and O–H groups in total. The number of aromatic nitrogens is 2. The van der Waals surface area contributed by atoms with Crippen molar-refractivity contribution in [3.05, 3.63) is 88.4 Å². The molecule has 2 aliphatic carbocycles. The average Bonchev–Trinajstić information content (AvgIpc) is 3.27. The Morgan fingerprint density at radius 1 is 0.917 bits per heavy atom. The number of carbonyl (C=O) groups excluding carboxylic acids is 2. The van der Waals surface area contributed by atoms with Crippen LogP contribution < -0.4 is 0 Å². The maximum absolute atomic E-state index is 12.9. The smallest absolute Gasteiger partial charge is 0.196 e. The number of carbonyl (C=O) groups is 2. The van der Waals surface area contributed by atoms with Gasteiger partial charge in [0.1, 0.15) is 11.3 Å². The Morgan fingerprint density at radius 2 is 1.71 bits per heavy atom. The predicted molar refractivity (Wildman–Crippen MR) is 90.0 cm³/mol. The van der Waals surface area contributed by atoms with Crippen molar-refractivity contribution in [3.63, 3.8) is 0 Å². The number of fused-ring (bicyclic) bond motifs is 4. The minimum Gasteiger partial charge on any atom is -0.337 e. The van der Waals surface area contributed by atoms with Gasteiger partial charge in [0.2, 0.25) is 0 Å². The summed E-state index contributed by atoms with van der Waals surface area (Å²) in [5.41, 5.74) is 6.86. The largest absolute Gasteiger partial charge is 0.337 e. The summed E-state index contributed by atoms with van der Waals surface area (Å²) in [4.78, 5) is 33.5. The molecule has 0 unspecified atom stereocenters. The fraction of sp³-hybridized carbons (Fsp3) is 0. The van der Waals surface area contributed by atoms with Gasteiger partial charge in [0.25, 0.3) is 0 Å². The fourth-order valence-corrected chi connectivity index (χ4v) is 3.26. The van der Waals surface area contributed by atoms with E-state index in [1.54, 1.807) is 36.4 Å². The molecule has 0 saturated heterocycles. The lowest BCUT2D eigenvalue weighted by molar-refractivity contribution is 0.0980. The molecule has 2 aliphatic rings. The zero-order chi connectivity index (χ0) is 16.3. The van der Waals surface area contributed by atoms with Crippen LogP contribution >= 0.6 is 0 Å². The van der Waals surface area contributed by atoms with Crippen molar-refractivity contribution in [1.82, 2.24) is 9.97 Å². The molecular weight excluding hydrogens is 300 g/mol. The quantitative estimate of drug-likeness (QED) is 0.548. The predicted octanol–water partition coefficient (Wildman–Crippen LogP) is 3.45. The third-order valence-corrected chi connectivity index (χ3v) is 4.40. The molecule has 0 saturated carbocycles. The van der Waals surface area contributed by atoms with Gasteiger partial charge in [-0.25, -0.2) is 4.98 Å². The highest BCUT2D eigenvalue weighted by Gasteiger charge is 2.32. The van der Waals surface area contributed by atoms with Gasteiger partial charge in [-0.3, -0.25) is 9.59 Å². The van der Waals surface area contributed by atoms with Crippen LogP contribution in [-0.2, 0) is 0 Å². The second-order valence-electron chi connectivity index (χ2n) is 5.76. The number of nitrogens with zero attached hydrogens (tertiary/aromatic N) is 1. The Labute approximate surface area is 136 Å². The van der Waals surface area contributed by atoms with Crippen LogP contribution in [0.25, 0.3) is 16.6 Å². The molecule has 4 nitrogen and oxygen atoms in total. The van der Waals surface area contributed by atoms with Crippen molar-refractivity contribution < 1.29 is 9.59 Å². The van der Waals surface area contributed by atoms with E-state index in [-0.39, 0.29) is 11.6 Å². The molecule has 0 aliphatic heterocycles. The van der Waals surface area contributed by atoms with Gasteiger partial charge in [-0.1, -0.05) is 30.3 Å². The minimum absolute atomic E-state index is 0.133. The minimum atomic E-state index is -0.157. The van der Waals surface area contributed by atoms with E-state index in [1.807, 2.05) is 18.2 Å². The van der Waals surface area contributed by atoms with Gasteiger partial charge in [-0.05, 0) is 24.3 Å². The summed E-state index contributed by atoms with van der Waals surface area (Å²) in [6.45, 7) is 0. The van der Waals surface area contributed by atoms with E-state index >= 15 is 0 Å². The number of imidazole rings is 1. The number of hydrogen-bond acceptors (Lipinski definition) is 3. The van der Waals surface area contributed by atoms with Gasteiger partial charge in [0, 0.05) is 16.7 Å². The Morgan fingerprint density at radius 3 is 2.46 bits per heavy atom. The van der Waals surface area contributed by atoms with Crippen LogP contribution in [0.4, 0.5) is 0 Å². The molecule has 0 amide bonds. The highest BCUT2D eigenvalue weighted by atomic mass is 16.1. The Bertz CT molecular complexity index is 1170. The van der Waals surface area contributed by atoms with Crippen molar-refractivity contribution in [3.8, 4) is 0 Å². The number of nitrogens with one attached hydrogen (secondary N) is 1. The molecule has 112 valence electrons. The Kier molecular flexibility index (Phi) is 2.44. The summed E-state index contributed by atoms with van der Waals surface area (Å²) in [6.07, 6.45) is 5.58. The van der Waals surface area contributed by atoms with Crippen molar-refractivity contribution in [2.24, 2.45) is 0 Å². The molecule has 0 spiro atoms. The van der Waals surface area contributed by atoms with Crippen molar-refractivity contribution in [2.75, 3.05) is 0 Å². The van der Waals surface area contributed by atoms with Crippen molar-refractivity contribution >= 4 is 28.2 Å². The third-order valence-electron chi connectivity index (χ3n) is 4.40. The molecular formula is C20H10N2O2. The highest BCUT2D eigenvalue weighted by Crippen LogP contribution is 2.32. The van der Waals surface area contributed by atoms with Crippen LogP contribution in [0.5, 0.6) is 0 Å². The summed E-state index contributed by atoms with van der Waals surface area (Å²) in [5, 5.41) is 0. The van der Waals surface area contributed by atoms with Gasteiger partial charge in [0.15, 0.2) is 11.6 Å². The number of hydrogen-bond donors (Lipinski definition) is 1. The normalized spacial score (nSPS) is 14.9. The summed E-state index contributed by atoms with van der Waals surface area (Å²) in [7, 11) is 0. The van der Waals surface area contributed by atoms with E-state index in [4.69, 9.17) is 0 Å². The van der Waals surface area contributed by atoms with E-state index in [0.717, 1.165) is 11.1 Å². The molecule has 1 heterocycles. The number of ketones is 2. The van der Waals surface area contributed by atoms with Crippen LogP contribution in [0.15, 0.2) is 60.4 Å². The number of aromatic amines is 1. The monoisotopic (exact) mass is 310 g/mol. The maximum Gasteiger partial charge on any atom is 0.196 e. The summed E-state index contributed by atoms with van der Waals surface area (Å²) in [5.74, 6) is 0.351. The SMILES string of the molecule is O=C1c2ccccc2C(=O)c2c1ccc1[nH]c(C3=C=CC=C3)nc21. The first-order chi connectivity index (χ1) is 11.7. The summed E-state index contributed by atoms with van der Waals surface area (Å²) in [6, 6.07) is 10.4. The van der Waals surface area contributed by atoms with Gasteiger partial charge >= 0.3 is 0 Å². The van der Waals surface area contributed by atoms with Crippen LogP contribution in [0.3, 0.4) is 0 Å². The average molecular weight is 310 g/mol. The first kappa shape index (κ1) is 13.0. The van der Waals surface area contributed by atoms with Crippen LogP contribution in [-0.4, -0.2) is 21.5 Å². The topological polar surface area (TPSA) is 62.8 Å². The molecule has 4 heteroatoms.